The van der Waals surface area contributed by atoms with E-state index in [2.05, 4.69) is 15.5 Å². The Morgan fingerprint density at radius 2 is 1.96 bits per heavy atom. The van der Waals surface area contributed by atoms with Crippen LogP contribution in [0.4, 0.5) is 10.1 Å². The van der Waals surface area contributed by atoms with Crippen molar-refractivity contribution in [2.75, 3.05) is 12.4 Å². The van der Waals surface area contributed by atoms with Crippen LogP contribution in [-0.4, -0.2) is 23.2 Å². The smallest absolute Gasteiger partial charge is 0.260 e. The third kappa shape index (κ3) is 3.57. The number of aromatic nitrogens is 2. The van der Waals surface area contributed by atoms with Gasteiger partial charge in [-0.3, -0.25) is 4.79 Å². The van der Waals surface area contributed by atoms with Crippen LogP contribution in [0.5, 0.6) is 5.75 Å². The first kappa shape index (κ1) is 15.7. The van der Waals surface area contributed by atoms with Crippen molar-refractivity contribution in [1.82, 2.24) is 10.1 Å². The highest BCUT2D eigenvalue weighted by Crippen LogP contribution is 2.20. The number of benzene rings is 2. The fraction of sp³-hybridized carbons (Fsp3) is 0.118. The number of amides is 1. The van der Waals surface area contributed by atoms with E-state index < -0.39 is 5.82 Å². The van der Waals surface area contributed by atoms with Crippen LogP contribution >= 0.6 is 0 Å². The van der Waals surface area contributed by atoms with Gasteiger partial charge in [-0.15, -0.1) is 0 Å². The molecule has 0 bridgehead atoms. The van der Waals surface area contributed by atoms with Crippen molar-refractivity contribution >= 4 is 11.6 Å². The highest BCUT2D eigenvalue weighted by Gasteiger charge is 2.15. The van der Waals surface area contributed by atoms with Crippen molar-refractivity contribution in [3.05, 3.63) is 60.2 Å². The summed E-state index contributed by atoms with van der Waals surface area (Å²) in [6, 6.07) is 13.0. The summed E-state index contributed by atoms with van der Waals surface area (Å²) in [7, 11) is 1.57. The molecule has 3 rings (SSSR count). The molecule has 1 heterocycles. The molecule has 0 fully saturated rings. The fourth-order valence-electron chi connectivity index (χ4n) is 2.09. The number of hydrogen-bond acceptors (Lipinski definition) is 5. The number of anilines is 1. The lowest BCUT2D eigenvalue weighted by atomic mass is 10.2. The first-order valence-electron chi connectivity index (χ1n) is 7.17. The van der Waals surface area contributed by atoms with Crippen molar-refractivity contribution in [2.24, 2.45) is 0 Å². The van der Waals surface area contributed by atoms with Gasteiger partial charge in [0, 0.05) is 5.69 Å². The molecule has 0 atom stereocenters. The molecule has 1 N–H and O–H groups in total. The molecule has 0 radical (unpaired) electrons. The molecule has 0 unspecified atom stereocenters. The summed E-state index contributed by atoms with van der Waals surface area (Å²) in [5.41, 5.74) is 0.824. The molecule has 2 aromatic carbocycles. The highest BCUT2D eigenvalue weighted by molar-refractivity contribution is 5.91. The second-order valence-corrected chi connectivity index (χ2v) is 4.95. The molecule has 0 aliphatic carbocycles. The Morgan fingerprint density at radius 1 is 1.21 bits per heavy atom. The van der Waals surface area contributed by atoms with Gasteiger partial charge in [0.05, 0.1) is 19.1 Å². The van der Waals surface area contributed by atoms with Crippen molar-refractivity contribution < 1.29 is 18.4 Å². The summed E-state index contributed by atoms with van der Waals surface area (Å²) in [6.45, 7) is 0. The van der Waals surface area contributed by atoms with E-state index in [9.17, 15) is 9.18 Å². The van der Waals surface area contributed by atoms with Gasteiger partial charge in [-0.2, -0.15) is 4.98 Å². The van der Waals surface area contributed by atoms with Crippen LogP contribution in [-0.2, 0) is 11.2 Å². The third-order valence-corrected chi connectivity index (χ3v) is 3.26. The molecule has 1 amide bonds. The largest absolute Gasteiger partial charge is 0.497 e. The topological polar surface area (TPSA) is 77.2 Å². The first-order chi connectivity index (χ1) is 11.7. The van der Waals surface area contributed by atoms with E-state index in [1.807, 2.05) is 0 Å². The van der Waals surface area contributed by atoms with E-state index in [-0.39, 0.29) is 29.6 Å². The van der Waals surface area contributed by atoms with Crippen molar-refractivity contribution in [3.63, 3.8) is 0 Å². The van der Waals surface area contributed by atoms with Gasteiger partial charge in [0.15, 0.2) is 5.82 Å². The van der Waals surface area contributed by atoms with E-state index in [0.717, 1.165) is 0 Å². The predicted molar refractivity (Wildman–Crippen MR) is 85.0 cm³/mol. The van der Waals surface area contributed by atoms with Gasteiger partial charge >= 0.3 is 0 Å². The lowest BCUT2D eigenvalue weighted by Gasteiger charge is -2.04. The average Bonchev–Trinajstić information content (AvgIpc) is 3.04. The molecule has 1 aromatic heterocycles. The minimum atomic E-state index is -0.463. The summed E-state index contributed by atoms with van der Waals surface area (Å²) < 4.78 is 23.7. The Hall–Kier alpha value is -3.22. The SMILES string of the molecule is COc1ccc(NC(=O)Cc2noc(-c3ccccc3F)n2)cc1. The minimum Gasteiger partial charge on any atom is -0.497 e. The number of carbonyl (C=O) groups excluding carboxylic acids is 1. The van der Waals surface area contributed by atoms with Gasteiger partial charge in [-0.05, 0) is 36.4 Å². The molecule has 0 aliphatic rings. The number of rotatable bonds is 5. The Balaban J connectivity index is 1.66. The van der Waals surface area contributed by atoms with E-state index in [4.69, 9.17) is 9.26 Å². The molecule has 0 saturated carbocycles. The van der Waals surface area contributed by atoms with Crippen LogP contribution in [0, 0.1) is 5.82 Å². The van der Waals surface area contributed by atoms with Crippen LogP contribution in [0.2, 0.25) is 0 Å². The maximum absolute atomic E-state index is 13.7. The summed E-state index contributed by atoms with van der Waals surface area (Å²) in [5.74, 6) is 0.150. The zero-order valence-electron chi connectivity index (χ0n) is 12.8. The van der Waals surface area contributed by atoms with Gasteiger partial charge < -0.3 is 14.6 Å². The molecular formula is C17H14FN3O3. The molecule has 0 spiro atoms. The van der Waals surface area contributed by atoms with Crippen LogP contribution < -0.4 is 10.1 Å². The van der Waals surface area contributed by atoms with Crippen LogP contribution in [0.15, 0.2) is 53.1 Å². The number of hydrogen-bond donors (Lipinski definition) is 1. The normalized spacial score (nSPS) is 10.4. The molecular weight excluding hydrogens is 313 g/mol. The lowest BCUT2D eigenvalue weighted by molar-refractivity contribution is -0.115. The third-order valence-electron chi connectivity index (χ3n) is 3.26. The summed E-state index contributed by atoms with van der Waals surface area (Å²) in [4.78, 5) is 16.1. The fourth-order valence-corrected chi connectivity index (χ4v) is 2.09. The van der Waals surface area contributed by atoms with Crippen molar-refractivity contribution in [2.45, 2.75) is 6.42 Å². The van der Waals surface area contributed by atoms with Crippen LogP contribution in [0.25, 0.3) is 11.5 Å². The van der Waals surface area contributed by atoms with Crippen molar-refractivity contribution in [3.8, 4) is 17.2 Å². The maximum atomic E-state index is 13.7. The summed E-state index contributed by atoms with van der Waals surface area (Å²) in [6.07, 6.45) is -0.0794. The number of halogens is 1. The monoisotopic (exact) mass is 327 g/mol. The second kappa shape index (κ2) is 6.91. The molecule has 122 valence electrons. The van der Waals surface area contributed by atoms with Gasteiger partial charge in [0.1, 0.15) is 11.6 Å². The van der Waals surface area contributed by atoms with Crippen molar-refractivity contribution in [1.29, 1.82) is 0 Å². The molecule has 24 heavy (non-hydrogen) atoms. The Bertz CT molecular complexity index is 846. The first-order valence-corrected chi connectivity index (χ1v) is 7.17. The van der Waals surface area contributed by atoms with Crippen LogP contribution in [0.3, 0.4) is 0 Å². The van der Waals surface area contributed by atoms with E-state index in [1.165, 1.54) is 12.1 Å². The van der Waals surface area contributed by atoms with Gasteiger partial charge in [-0.25, -0.2) is 4.39 Å². The number of methoxy groups -OCH3 is 1. The molecule has 6 nitrogen and oxygen atoms in total. The second-order valence-electron chi connectivity index (χ2n) is 4.95. The van der Waals surface area contributed by atoms with Gasteiger partial charge in [0.25, 0.3) is 5.89 Å². The van der Waals surface area contributed by atoms with E-state index in [1.54, 1.807) is 43.5 Å². The molecule has 7 heteroatoms. The molecule has 0 saturated heterocycles. The minimum absolute atomic E-state index is 0.0420. The quantitative estimate of drug-likeness (QED) is 0.779. The van der Waals surface area contributed by atoms with E-state index in [0.29, 0.717) is 11.4 Å². The highest BCUT2D eigenvalue weighted by atomic mass is 19.1. The number of ether oxygens (including phenoxy) is 1. The Labute approximate surface area is 137 Å². The maximum Gasteiger partial charge on any atom is 0.260 e. The Morgan fingerprint density at radius 3 is 2.67 bits per heavy atom. The van der Waals surface area contributed by atoms with Gasteiger partial charge in [0.2, 0.25) is 5.91 Å². The average molecular weight is 327 g/mol. The van der Waals surface area contributed by atoms with Gasteiger partial charge in [-0.1, -0.05) is 17.3 Å². The van der Waals surface area contributed by atoms with Crippen LogP contribution in [0.1, 0.15) is 5.82 Å². The zero-order chi connectivity index (χ0) is 16.9. The predicted octanol–water partition coefficient (Wildman–Crippen LogP) is 3.07. The number of nitrogens with one attached hydrogen (secondary N) is 1. The lowest BCUT2D eigenvalue weighted by Crippen LogP contribution is -2.15. The number of carbonyl (C=O) groups is 1. The molecule has 3 aromatic rings. The summed E-state index contributed by atoms with van der Waals surface area (Å²) in [5, 5.41) is 6.42. The Kier molecular flexibility index (Phi) is 4.51. The summed E-state index contributed by atoms with van der Waals surface area (Å²) >= 11 is 0. The number of nitrogens with zero attached hydrogens (tertiary/aromatic N) is 2. The van der Waals surface area contributed by atoms with E-state index >= 15 is 0 Å². The standard InChI is InChI=1S/C17H14FN3O3/c1-23-12-8-6-11(7-9-12)19-16(22)10-15-20-17(24-21-15)13-4-2-3-5-14(13)18/h2-9H,10H2,1H3,(H,19,22). The molecule has 0 aliphatic heterocycles. The zero-order valence-corrected chi connectivity index (χ0v) is 12.8.